The Morgan fingerprint density at radius 1 is 1.37 bits per heavy atom. The van der Waals surface area contributed by atoms with Gasteiger partial charge in [0, 0.05) is 37.6 Å². The minimum Gasteiger partial charge on any atom is -0.337 e. The van der Waals surface area contributed by atoms with Crippen LogP contribution in [0.25, 0.3) is 0 Å². The van der Waals surface area contributed by atoms with E-state index in [4.69, 9.17) is 5.73 Å². The summed E-state index contributed by atoms with van der Waals surface area (Å²) in [7, 11) is 0. The highest BCUT2D eigenvalue weighted by Gasteiger charge is 2.36. The molecule has 2 aliphatic heterocycles. The summed E-state index contributed by atoms with van der Waals surface area (Å²) in [5.41, 5.74) is 5.71. The SMILES string of the molecule is CC(N)CCC(=O)N1CC2CCCN2CC1C.Cl.Cl. The number of nitrogens with two attached hydrogens (primary N) is 1. The molecule has 0 radical (unpaired) electrons. The van der Waals surface area contributed by atoms with E-state index < -0.39 is 0 Å². The number of piperazine rings is 1. The quantitative estimate of drug-likeness (QED) is 0.862. The zero-order valence-corrected chi connectivity index (χ0v) is 13.5. The number of hydrogen-bond donors (Lipinski definition) is 1. The van der Waals surface area contributed by atoms with E-state index >= 15 is 0 Å². The van der Waals surface area contributed by atoms with Gasteiger partial charge in [0.15, 0.2) is 0 Å². The van der Waals surface area contributed by atoms with Crippen molar-refractivity contribution < 1.29 is 4.79 Å². The van der Waals surface area contributed by atoms with Crippen LogP contribution in [0, 0.1) is 0 Å². The average Bonchev–Trinajstić information content (AvgIpc) is 2.71. The van der Waals surface area contributed by atoms with Crippen LogP contribution in [0.15, 0.2) is 0 Å². The van der Waals surface area contributed by atoms with Gasteiger partial charge in [-0.3, -0.25) is 9.69 Å². The second-order valence-electron chi connectivity index (χ2n) is 5.70. The van der Waals surface area contributed by atoms with Crippen LogP contribution >= 0.6 is 24.8 Å². The van der Waals surface area contributed by atoms with Gasteiger partial charge < -0.3 is 10.6 Å². The number of rotatable bonds is 3. The van der Waals surface area contributed by atoms with Crippen molar-refractivity contribution in [3.05, 3.63) is 0 Å². The third-order valence-electron chi connectivity index (χ3n) is 4.07. The van der Waals surface area contributed by atoms with Gasteiger partial charge in [-0.05, 0) is 39.7 Å². The van der Waals surface area contributed by atoms with Crippen molar-refractivity contribution in [3.8, 4) is 0 Å². The van der Waals surface area contributed by atoms with Gasteiger partial charge in [0.2, 0.25) is 5.91 Å². The Labute approximate surface area is 128 Å². The van der Waals surface area contributed by atoms with E-state index in [1.807, 2.05) is 6.92 Å². The third kappa shape index (κ3) is 4.78. The minimum absolute atomic E-state index is 0. The molecule has 2 N–H and O–H groups in total. The lowest BCUT2D eigenvalue weighted by Crippen LogP contribution is -2.56. The van der Waals surface area contributed by atoms with Crippen molar-refractivity contribution in [2.75, 3.05) is 19.6 Å². The van der Waals surface area contributed by atoms with Crippen molar-refractivity contribution in [3.63, 3.8) is 0 Å². The zero-order chi connectivity index (χ0) is 12.4. The predicted molar refractivity (Wildman–Crippen MR) is 83.1 cm³/mol. The minimum atomic E-state index is 0. The molecule has 6 heteroatoms. The van der Waals surface area contributed by atoms with E-state index in [2.05, 4.69) is 16.7 Å². The molecule has 0 aromatic carbocycles. The van der Waals surface area contributed by atoms with E-state index in [0.29, 0.717) is 24.4 Å². The second-order valence-corrected chi connectivity index (χ2v) is 5.70. The van der Waals surface area contributed by atoms with Crippen molar-refractivity contribution in [1.29, 1.82) is 0 Å². The van der Waals surface area contributed by atoms with E-state index in [9.17, 15) is 4.79 Å². The topological polar surface area (TPSA) is 49.6 Å². The number of fused-ring (bicyclic) bond motifs is 1. The maximum absolute atomic E-state index is 12.2. The first-order chi connectivity index (χ1) is 8.08. The third-order valence-corrected chi connectivity index (χ3v) is 4.07. The molecule has 114 valence electrons. The molecule has 0 saturated carbocycles. The normalized spacial score (nSPS) is 28.1. The van der Waals surface area contributed by atoms with Crippen LogP contribution in [0.2, 0.25) is 0 Å². The molecule has 3 unspecified atom stereocenters. The molecule has 2 fully saturated rings. The average molecular weight is 312 g/mol. The Morgan fingerprint density at radius 2 is 2.05 bits per heavy atom. The van der Waals surface area contributed by atoms with E-state index in [0.717, 1.165) is 19.5 Å². The van der Waals surface area contributed by atoms with Crippen LogP contribution in [-0.4, -0.2) is 53.5 Å². The van der Waals surface area contributed by atoms with Crippen molar-refractivity contribution >= 4 is 30.7 Å². The molecule has 0 aromatic heterocycles. The van der Waals surface area contributed by atoms with E-state index in [1.165, 1.54) is 19.4 Å². The van der Waals surface area contributed by atoms with Gasteiger partial charge in [0.05, 0.1) is 0 Å². The van der Waals surface area contributed by atoms with Gasteiger partial charge in [0.25, 0.3) is 0 Å². The number of nitrogens with zero attached hydrogens (tertiary/aromatic N) is 2. The molecule has 1 amide bonds. The molecular weight excluding hydrogens is 285 g/mol. The molecule has 4 nitrogen and oxygen atoms in total. The largest absolute Gasteiger partial charge is 0.337 e. The van der Waals surface area contributed by atoms with Gasteiger partial charge in [0.1, 0.15) is 0 Å². The maximum atomic E-state index is 12.2. The van der Waals surface area contributed by atoms with Gasteiger partial charge in [-0.15, -0.1) is 24.8 Å². The predicted octanol–water partition coefficient (Wildman–Crippen LogP) is 1.65. The van der Waals surface area contributed by atoms with Gasteiger partial charge in [-0.25, -0.2) is 0 Å². The van der Waals surface area contributed by atoms with Crippen LogP contribution in [0.1, 0.15) is 39.5 Å². The summed E-state index contributed by atoms with van der Waals surface area (Å²) in [6.45, 7) is 7.33. The molecule has 0 aromatic rings. The Morgan fingerprint density at radius 3 is 2.68 bits per heavy atom. The summed E-state index contributed by atoms with van der Waals surface area (Å²) in [5.74, 6) is 0.293. The lowest BCUT2D eigenvalue weighted by Gasteiger charge is -2.42. The van der Waals surface area contributed by atoms with Gasteiger partial charge >= 0.3 is 0 Å². The lowest BCUT2D eigenvalue weighted by molar-refractivity contribution is -0.136. The number of amides is 1. The fourth-order valence-corrected chi connectivity index (χ4v) is 3.03. The smallest absolute Gasteiger partial charge is 0.222 e. The second kappa shape index (κ2) is 8.30. The van der Waals surface area contributed by atoms with Crippen LogP contribution in [0.3, 0.4) is 0 Å². The molecule has 2 saturated heterocycles. The molecule has 2 aliphatic rings. The number of carbonyl (C=O) groups excluding carboxylic acids is 1. The Balaban J connectivity index is 0.00000162. The Hall–Kier alpha value is -0.0300. The first-order valence-electron chi connectivity index (χ1n) is 6.87. The zero-order valence-electron chi connectivity index (χ0n) is 11.9. The highest BCUT2D eigenvalue weighted by molar-refractivity contribution is 5.85. The summed E-state index contributed by atoms with van der Waals surface area (Å²) in [4.78, 5) is 16.8. The number of carbonyl (C=O) groups is 1. The van der Waals surface area contributed by atoms with Crippen molar-refractivity contribution in [2.24, 2.45) is 5.73 Å². The van der Waals surface area contributed by atoms with Crippen LogP contribution in [0.5, 0.6) is 0 Å². The maximum Gasteiger partial charge on any atom is 0.222 e. The first kappa shape index (κ1) is 19.0. The van der Waals surface area contributed by atoms with Crippen molar-refractivity contribution in [2.45, 2.75) is 57.7 Å². The monoisotopic (exact) mass is 311 g/mol. The number of halogens is 2. The Bertz CT molecular complexity index is 289. The fraction of sp³-hybridized carbons (Fsp3) is 0.923. The highest BCUT2D eigenvalue weighted by atomic mass is 35.5. The standard InChI is InChI=1S/C13H25N3O.2ClH/c1-10(14)5-6-13(17)16-9-12-4-3-7-15(12)8-11(16)2;;/h10-12H,3-9,14H2,1-2H3;2*1H. The first-order valence-corrected chi connectivity index (χ1v) is 6.87. The molecule has 0 spiro atoms. The molecule has 2 rings (SSSR count). The summed E-state index contributed by atoms with van der Waals surface area (Å²) < 4.78 is 0. The highest BCUT2D eigenvalue weighted by Crippen LogP contribution is 2.25. The van der Waals surface area contributed by atoms with Crippen molar-refractivity contribution in [1.82, 2.24) is 9.80 Å². The van der Waals surface area contributed by atoms with Crippen LogP contribution in [-0.2, 0) is 4.79 Å². The Kier molecular flexibility index (Phi) is 8.29. The molecule has 3 atom stereocenters. The van der Waals surface area contributed by atoms with Crippen LogP contribution < -0.4 is 5.73 Å². The molecule has 2 heterocycles. The molecule has 0 bridgehead atoms. The number of hydrogen-bond acceptors (Lipinski definition) is 3. The van der Waals surface area contributed by atoms with Crippen LogP contribution in [0.4, 0.5) is 0 Å². The summed E-state index contributed by atoms with van der Waals surface area (Å²) >= 11 is 0. The van der Waals surface area contributed by atoms with E-state index in [1.54, 1.807) is 0 Å². The summed E-state index contributed by atoms with van der Waals surface area (Å²) in [5, 5.41) is 0. The summed E-state index contributed by atoms with van der Waals surface area (Å²) in [6, 6.07) is 1.11. The summed E-state index contributed by atoms with van der Waals surface area (Å²) in [6.07, 6.45) is 3.95. The van der Waals surface area contributed by atoms with Gasteiger partial charge in [-0.1, -0.05) is 0 Å². The fourth-order valence-electron chi connectivity index (χ4n) is 3.03. The van der Waals surface area contributed by atoms with Gasteiger partial charge in [-0.2, -0.15) is 0 Å². The van der Waals surface area contributed by atoms with E-state index in [-0.39, 0.29) is 30.9 Å². The molecular formula is C13H27Cl2N3O. The molecule has 0 aliphatic carbocycles. The lowest BCUT2D eigenvalue weighted by atomic mass is 10.1. The molecule has 19 heavy (non-hydrogen) atoms.